The number of alkyl halides is 3. The Kier molecular flexibility index (Phi) is 3.51. The molecule has 0 fully saturated rings. The van der Waals surface area contributed by atoms with E-state index >= 15 is 0 Å². The van der Waals surface area contributed by atoms with Crippen molar-refractivity contribution in [2.75, 3.05) is 0 Å². The SMILES string of the molecule is FC(F)(F)Oc1ccc(-c2ccnc(Br)n2)cc1. The molecular weight excluding hydrogens is 313 g/mol. The summed E-state index contributed by atoms with van der Waals surface area (Å²) in [5, 5.41) is 0. The average molecular weight is 319 g/mol. The largest absolute Gasteiger partial charge is 0.573 e. The van der Waals surface area contributed by atoms with Gasteiger partial charge in [-0.15, -0.1) is 13.2 Å². The van der Waals surface area contributed by atoms with Gasteiger partial charge in [0.1, 0.15) is 5.75 Å². The van der Waals surface area contributed by atoms with Crippen LogP contribution in [0.5, 0.6) is 5.75 Å². The number of aromatic nitrogens is 2. The average Bonchev–Trinajstić information content (AvgIpc) is 2.28. The van der Waals surface area contributed by atoms with Gasteiger partial charge in [-0.05, 0) is 46.3 Å². The van der Waals surface area contributed by atoms with Gasteiger partial charge in [0.15, 0.2) is 4.73 Å². The highest BCUT2D eigenvalue weighted by Gasteiger charge is 2.30. The Morgan fingerprint density at radius 1 is 1.06 bits per heavy atom. The van der Waals surface area contributed by atoms with Crippen molar-refractivity contribution in [3.05, 3.63) is 41.3 Å². The molecule has 1 aromatic carbocycles. The number of nitrogens with zero attached hydrogens (tertiary/aromatic N) is 2. The summed E-state index contributed by atoms with van der Waals surface area (Å²) >= 11 is 3.12. The molecular formula is C11H6BrF3N2O. The summed E-state index contributed by atoms with van der Waals surface area (Å²) in [6, 6.07) is 7.12. The molecule has 0 aliphatic carbocycles. The van der Waals surface area contributed by atoms with Gasteiger partial charge >= 0.3 is 6.36 Å². The van der Waals surface area contributed by atoms with Crippen molar-refractivity contribution in [2.45, 2.75) is 6.36 Å². The molecule has 0 radical (unpaired) electrons. The molecule has 2 aromatic rings. The Balaban J connectivity index is 2.22. The molecule has 7 heteroatoms. The lowest BCUT2D eigenvalue weighted by atomic mass is 10.1. The van der Waals surface area contributed by atoms with Crippen LogP contribution in [0, 0.1) is 0 Å². The second kappa shape index (κ2) is 4.93. The third-order valence-electron chi connectivity index (χ3n) is 2.01. The van der Waals surface area contributed by atoms with Gasteiger partial charge in [0.25, 0.3) is 0 Å². The summed E-state index contributed by atoms with van der Waals surface area (Å²) in [4.78, 5) is 7.95. The lowest BCUT2D eigenvalue weighted by Crippen LogP contribution is -2.16. The normalized spacial score (nSPS) is 11.3. The molecule has 0 saturated heterocycles. The zero-order chi connectivity index (χ0) is 13.2. The van der Waals surface area contributed by atoms with Crippen molar-refractivity contribution in [1.82, 2.24) is 9.97 Å². The topological polar surface area (TPSA) is 35.0 Å². The smallest absolute Gasteiger partial charge is 0.406 e. The maximum atomic E-state index is 12.0. The van der Waals surface area contributed by atoms with Crippen molar-refractivity contribution in [3.8, 4) is 17.0 Å². The molecule has 0 bridgehead atoms. The van der Waals surface area contributed by atoms with Crippen molar-refractivity contribution in [1.29, 1.82) is 0 Å². The van der Waals surface area contributed by atoms with E-state index in [1.165, 1.54) is 24.3 Å². The van der Waals surface area contributed by atoms with Crippen LogP contribution in [-0.4, -0.2) is 16.3 Å². The van der Waals surface area contributed by atoms with Gasteiger partial charge in [-0.2, -0.15) is 0 Å². The van der Waals surface area contributed by atoms with Crippen LogP contribution in [0.2, 0.25) is 0 Å². The molecule has 18 heavy (non-hydrogen) atoms. The molecule has 3 nitrogen and oxygen atoms in total. The molecule has 0 spiro atoms. The number of hydrogen-bond acceptors (Lipinski definition) is 3. The quantitative estimate of drug-likeness (QED) is 0.790. The fourth-order valence-corrected chi connectivity index (χ4v) is 1.63. The maximum absolute atomic E-state index is 12.0. The predicted molar refractivity (Wildman–Crippen MR) is 61.9 cm³/mol. The van der Waals surface area contributed by atoms with Crippen LogP contribution in [0.1, 0.15) is 0 Å². The lowest BCUT2D eigenvalue weighted by molar-refractivity contribution is -0.274. The third kappa shape index (κ3) is 3.43. The molecule has 0 amide bonds. The van der Waals surface area contributed by atoms with Crippen molar-refractivity contribution >= 4 is 15.9 Å². The van der Waals surface area contributed by atoms with Crippen LogP contribution in [-0.2, 0) is 0 Å². The van der Waals surface area contributed by atoms with Gasteiger partial charge in [-0.1, -0.05) is 0 Å². The third-order valence-corrected chi connectivity index (χ3v) is 2.39. The van der Waals surface area contributed by atoms with E-state index in [9.17, 15) is 13.2 Å². The maximum Gasteiger partial charge on any atom is 0.573 e. The number of benzene rings is 1. The molecule has 0 aliphatic heterocycles. The Morgan fingerprint density at radius 2 is 1.72 bits per heavy atom. The molecule has 1 heterocycles. The van der Waals surface area contributed by atoms with Crippen LogP contribution in [0.15, 0.2) is 41.3 Å². The van der Waals surface area contributed by atoms with Gasteiger partial charge in [-0.25, -0.2) is 9.97 Å². The lowest BCUT2D eigenvalue weighted by Gasteiger charge is -2.09. The van der Waals surface area contributed by atoms with Crippen molar-refractivity contribution < 1.29 is 17.9 Å². The highest BCUT2D eigenvalue weighted by atomic mass is 79.9. The van der Waals surface area contributed by atoms with E-state index < -0.39 is 6.36 Å². The first-order chi connectivity index (χ1) is 8.44. The molecule has 94 valence electrons. The molecule has 2 rings (SSSR count). The number of hydrogen-bond donors (Lipinski definition) is 0. The van der Waals surface area contributed by atoms with E-state index in [1.54, 1.807) is 12.3 Å². The first-order valence-corrected chi connectivity index (χ1v) is 5.58. The Hall–Kier alpha value is -1.63. The first kappa shape index (κ1) is 12.8. The predicted octanol–water partition coefficient (Wildman–Crippen LogP) is 3.80. The number of ether oxygens (including phenoxy) is 1. The Morgan fingerprint density at radius 3 is 2.28 bits per heavy atom. The molecule has 0 N–H and O–H groups in total. The van der Waals surface area contributed by atoms with Gasteiger partial charge < -0.3 is 4.74 Å². The van der Waals surface area contributed by atoms with E-state index in [4.69, 9.17) is 0 Å². The molecule has 0 unspecified atom stereocenters. The molecule has 1 aromatic heterocycles. The van der Waals surface area contributed by atoms with Crippen LogP contribution in [0.4, 0.5) is 13.2 Å². The van der Waals surface area contributed by atoms with Gasteiger partial charge in [-0.3, -0.25) is 0 Å². The van der Waals surface area contributed by atoms with E-state index in [-0.39, 0.29) is 5.75 Å². The molecule has 0 aliphatic rings. The van der Waals surface area contributed by atoms with E-state index in [0.717, 1.165) is 0 Å². The Bertz CT molecular complexity index is 543. The number of rotatable bonds is 2. The van der Waals surface area contributed by atoms with Gasteiger partial charge in [0, 0.05) is 11.8 Å². The minimum Gasteiger partial charge on any atom is -0.406 e. The summed E-state index contributed by atoms with van der Waals surface area (Å²) in [6.07, 6.45) is -3.13. The fourth-order valence-electron chi connectivity index (χ4n) is 1.32. The first-order valence-electron chi connectivity index (χ1n) is 4.79. The second-order valence-electron chi connectivity index (χ2n) is 3.28. The minimum absolute atomic E-state index is 0.264. The zero-order valence-electron chi connectivity index (χ0n) is 8.78. The van der Waals surface area contributed by atoms with Gasteiger partial charge in [0.2, 0.25) is 0 Å². The summed E-state index contributed by atoms with van der Waals surface area (Å²) < 4.78 is 40.1. The van der Waals surface area contributed by atoms with Crippen molar-refractivity contribution in [2.24, 2.45) is 0 Å². The summed E-state index contributed by atoms with van der Waals surface area (Å²) in [7, 11) is 0. The van der Waals surface area contributed by atoms with Crippen molar-refractivity contribution in [3.63, 3.8) is 0 Å². The van der Waals surface area contributed by atoms with Crippen LogP contribution in [0.3, 0.4) is 0 Å². The van der Waals surface area contributed by atoms with Crippen LogP contribution >= 0.6 is 15.9 Å². The monoisotopic (exact) mass is 318 g/mol. The van der Waals surface area contributed by atoms with E-state index in [2.05, 4.69) is 30.6 Å². The highest BCUT2D eigenvalue weighted by Crippen LogP contribution is 2.25. The standard InChI is InChI=1S/C11H6BrF3N2O/c12-10-16-6-5-9(17-10)7-1-3-8(4-2-7)18-11(13,14)15/h1-6H. The van der Waals surface area contributed by atoms with E-state index in [0.29, 0.717) is 16.0 Å². The van der Waals surface area contributed by atoms with Gasteiger partial charge in [0.05, 0.1) is 5.69 Å². The summed E-state index contributed by atoms with van der Waals surface area (Å²) in [5.41, 5.74) is 1.28. The van der Waals surface area contributed by atoms with E-state index in [1.807, 2.05) is 0 Å². The minimum atomic E-state index is -4.68. The summed E-state index contributed by atoms with van der Waals surface area (Å²) in [5.74, 6) is -0.264. The van der Waals surface area contributed by atoms with Crippen LogP contribution < -0.4 is 4.74 Å². The zero-order valence-corrected chi connectivity index (χ0v) is 10.4. The second-order valence-corrected chi connectivity index (χ2v) is 3.99. The molecule has 0 saturated carbocycles. The van der Waals surface area contributed by atoms with Crippen LogP contribution in [0.25, 0.3) is 11.3 Å². The summed E-state index contributed by atoms with van der Waals surface area (Å²) in [6.45, 7) is 0. The fraction of sp³-hybridized carbons (Fsp3) is 0.0909. The Labute approximate surface area is 109 Å². The highest BCUT2D eigenvalue weighted by molar-refractivity contribution is 9.10. The number of halogens is 4. The molecule has 0 atom stereocenters.